The SMILES string of the molecule is CC1(C)c2ccccc2-c2ccc(-n3c4c(c5ccccc53)-c3cccc5cccc-4c35)cc21.c1cc2c3c(cccc3c1)-c1c-2c2ccccc2n1-c1ccc2oc3ccccc3c2c1.c1cc2c3c(cccc3c1)-c1c-2c2ccccc2n1-c1cccc2c1sc1ccccc12.c1ccc(-n2c3ccccc3c3cc(-n4c5c(c6ccccc64)-c4cccc6cccc-5c46)ccc32)cc1. The van der Waals surface area contributed by atoms with Crippen LogP contribution in [0.2, 0.25) is 0 Å². The van der Waals surface area contributed by atoms with Gasteiger partial charge in [0.15, 0.2) is 0 Å². The summed E-state index contributed by atoms with van der Waals surface area (Å²) in [7, 11) is 0. The van der Waals surface area contributed by atoms with Gasteiger partial charge >= 0.3 is 0 Å². The summed E-state index contributed by atoms with van der Waals surface area (Å²) in [5.41, 5.74) is 42.2. The molecule has 21 aromatic carbocycles. The zero-order chi connectivity index (χ0) is 89.0. The third-order valence-electron chi connectivity index (χ3n) is 30.2. The Morgan fingerprint density at radius 3 is 1.07 bits per heavy atom. The van der Waals surface area contributed by atoms with Crippen molar-refractivity contribution >= 4 is 162 Å². The first-order chi connectivity index (χ1) is 67.3. The van der Waals surface area contributed by atoms with E-state index in [1.165, 1.54) is 263 Å². The molecule has 0 bridgehead atoms. The first-order valence-electron chi connectivity index (χ1n) is 47.1. The number of aromatic nitrogens is 5. The zero-order valence-electron chi connectivity index (χ0n) is 74.2. The van der Waals surface area contributed by atoms with Gasteiger partial charge in [0, 0.05) is 131 Å². The van der Waals surface area contributed by atoms with Crippen LogP contribution < -0.4 is 0 Å². The van der Waals surface area contributed by atoms with Gasteiger partial charge in [0.25, 0.3) is 0 Å². The van der Waals surface area contributed by atoms with Crippen LogP contribution in [0.15, 0.2) is 447 Å². The number of para-hydroxylation sites is 7. The highest BCUT2D eigenvalue weighted by Gasteiger charge is 2.39. The van der Waals surface area contributed by atoms with E-state index in [9.17, 15) is 0 Å². The monoisotopic (exact) mass is 1750 g/mol. The molecule has 0 N–H and O–H groups in total. The second-order valence-electron chi connectivity index (χ2n) is 37.5. The summed E-state index contributed by atoms with van der Waals surface area (Å²) in [5, 5.41) is 23.5. The third kappa shape index (κ3) is 10.4. The van der Waals surface area contributed by atoms with Gasteiger partial charge in [0.2, 0.25) is 0 Å². The van der Waals surface area contributed by atoms with Crippen molar-refractivity contribution in [2.75, 3.05) is 0 Å². The largest absolute Gasteiger partial charge is 0.456 e. The van der Waals surface area contributed by atoms with E-state index in [1.807, 2.05) is 23.5 Å². The molecule has 5 aliphatic rings. The van der Waals surface area contributed by atoms with Crippen molar-refractivity contribution in [2.24, 2.45) is 0 Å². The molecular weight excluding hydrogens is 1670 g/mol. The standard InChI is InChI=1S/C36H22N2.C33H23N.C30H17NO.C30H17NS/c1-2-12-24(13-3-1)37-31-18-6-4-14-26(31)30-22-25(20-21-33(30)37)38-32-19-7-5-15-27(32)35-28-16-8-10-23-11-9-17-29(34(23)28)36(35)38;1-33(2)27-15-5-3-11-22(27)23-18-17-21(19-28(23)33)34-29-16-6-4-12-24(29)31-25-13-7-9-20-10-8-14-26(30(20)25)32(31)34;1-3-13-25-21(10-1)29-22-11-5-7-18-8-6-12-23(28(18)22)30(29)31(25)19-15-16-27-24(17-19)20-9-2-4-14-26(20)32-27;1-3-15-24-21(11-1)28-22-13-5-8-18-9-6-14-23(27(18)22)29(28)31(24)25-16-7-12-20-19-10-2-4-17-26(19)32-30(20)25/h1-22H;3-19H,1-2H3;2*1-17H. The molecule has 0 unspecified atom stereocenters. The van der Waals surface area contributed by atoms with Crippen molar-refractivity contribution in [3.05, 3.63) is 454 Å². The van der Waals surface area contributed by atoms with Gasteiger partial charge in [-0.3, -0.25) is 0 Å². The third-order valence-corrected chi connectivity index (χ3v) is 31.4. The van der Waals surface area contributed by atoms with Crippen molar-refractivity contribution in [1.29, 1.82) is 0 Å². The summed E-state index contributed by atoms with van der Waals surface area (Å²) in [6.07, 6.45) is 0. The average molecular weight is 1750 g/mol. The maximum absolute atomic E-state index is 6.09. The molecule has 632 valence electrons. The van der Waals surface area contributed by atoms with E-state index < -0.39 is 0 Å². The number of furan rings is 1. The lowest BCUT2D eigenvalue weighted by Crippen LogP contribution is -2.15. The number of fused-ring (bicyclic) bond motifs is 32. The van der Waals surface area contributed by atoms with E-state index >= 15 is 0 Å². The van der Waals surface area contributed by atoms with Crippen LogP contribution in [0.5, 0.6) is 0 Å². The van der Waals surface area contributed by atoms with E-state index in [2.05, 4.69) is 467 Å². The van der Waals surface area contributed by atoms with E-state index in [1.54, 1.807) is 0 Å². The smallest absolute Gasteiger partial charge is 0.135 e. The molecule has 0 amide bonds. The molecule has 0 aliphatic heterocycles. The van der Waals surface area contributed by atoms with E-state index in [0.717, 1.165) is 27.6 Å². The maximum atomic E-state index is 6.09. The van der Waals surface area contributed by atoms with Crippen LogP contribution in [0.4, 0.5) is 0 Å². The van der Waals surface area contributed by atoms with Gasteiger partial charge in [-0.25, -0.2) is 0 Å². The number of rotatable bonds is 5. The van der Waals surface area contributed by atoms with Crippen molar-refractivity contribution in [1.82, 2.24) is 22.8 Å². The van der Waals surface area contributed by atoms with E-state index in [0.29, 0.717) is 0 Å². The van der Waals surface area contributed by atoms with E-state index in [4.69, 9.17) is 4.42 Å². The Balaban J connectivity index is 0.0000000863. The number of benzene rings is 21. The van der Waals surface area contributed by atoms with Gasteiger partial charge in [-0.1, -0.05) is 347 Å². The second-order valence-corrected chi connectivity index (χ2v) is 38.5. The van der Waals surface area contributed by atoms with Crippen LogP contribution in [0.25, 0.3) is 280 Å². The molecule has 0 radical (unpaired) electrons. The molecule has 33 rings (SSSR count). The molecular formula is C129H79N5OS. The van der Waals surface area contributed by atoms with Crippen molar-refractivity contribution in [3.8, 4) is 129 Å². The van der Waals surface area contributed by atoms with Crippen LogP contribution in [0, 0.1) is 0 Å². The molecule has 5 aliphatic carbocycles. The molecule has 28 aromatic rings. The minimum absolute atomic E-state index is 0.0168. The highest BCUT2D eigenvalue weighted by atomic mass is 32.1. The second kappa shape index (κ2) is 28.3. The molecule has 0 fully saturated rings. The van der Waals surface area contributed by atoms with Crippen LogP contribution in [0.3, 0.4) is 0 Å². The van der Waals surface area contributed by atoms with E-state index in [-0.39, 0.29) is 5.41 Å². The summed E-state index contributed by atoms with van der Waals surface area (Å²) in [6, 6.07) is 162. The number of thiophene rings is 1. The molecule has 0 saturated heterocycles. The Hall–Kier alpha value is -17.4. The highest BCUT2D eigenvalue weighted by molar-refractivity contribution is 7.26. The van der Waals surface area contributed by atoms with Crippen LogP contribution in [-0.2, 0) is 5.41 Å². The molecule has 0 spiro atoms. The quantitative estimate of drug-likeness (QED) is 0.169. The minimum atomic E-state index is -0.0168. The van der Waals surface area contributed by atoms with Gasteiger partial charge in [0.1, 0.15) is 11.2 Å². The Bertz CT molecular complexity index is 10100. The molecule has 0 saturated carbocycles. The fourth-order valence-corrected chi connectivity index (χ4v) is 25.9. The van der Waals surface area contributed by atoms with Gasteiger partial charge in [0.05, 0.1) is 66.3 Å². The lowest BCUT2D eigenvalue weighted by molar-refractivity contribution is 0.660. The Labute approximate surface area is 785 Å². The molecule has 6 nitrogen and oxygen atoms in total. The number of hydrogen-bond donors (Lipinski definition) is 0. The summed E-state index contributed by atoms with van der Waals surface area (Å²) in [5.74, 6) is 0. The Kier molecular flexibility index (Phi) is 15.7. The lowest BCUT2D eigenvalue weighted by Gasteiger charge is -2.22. The first kappa shape index (κ1) is 75.3. The lowest BCUT2D eigenvalue weighted by atomic mass is 9.82. The Morgan fingerprint density at radius 2 is 0.551 bits per heavy atom. The van der Waals surface area contributed by atoms with Crippen molar-refractivity contribution in [3.63, 3.8) is 0 Å². The normalized spacial score (nSPS) is 12.8. The van der Waals surface area contributed by atoms with Crippen LogP contribution in [-0.4, -0.2) is 22.8 Å². The predicted octanol–water partition coefficient (Wildman–Crippen LogP) is 35.4. The topological polar surface area (TPSA) is 37.8 Å². The maximum Gasteiger partial charge on any atom is 0.135 e. The minimum Gasteiger partial charge on any atom is -0.456 e. The van der Waals surface area contributed by atoms with Crippen molar-refractivity contribution < 1.29 is 4.42 Å². The zero-order valence-corrected chi connectivity index (χ0v) is 75.0. The fourth-order valence-electron chi connectivity index (χ4n) is 24.7. The predicted molar refractivity (Wildman–Crippen MR) is 573 cm³/mol. The highest BCUT2D eigenvalue weighted by Crippen LogP contribution is 2.60. The van der Waals surface area contributed by atoms with Crippen molar-refractivity contribution in [2.45, 2.75) is 19.3 Å². The van der Waals surface area contributed by atoms with Crippen LogP contribution >= 0.6 is 11.3 Å². The summed E-state index contributed by atoms with van der Waals surface area (Å²) in [4.78, 5) is 0. The molecule has 7 aromatic heterocycles. The molecule has 7 heteroatoms. The fraction of sp³-hybridized carbons (Fsp3) is 0.0233. The number of hydrogen-bond acceptors (Lipinski definition) is 2. The molecule has 0 atom stereocenters. The Morgan fingerprint density at radius 1 is 0.206 bits per heavy atom. The van der Waals surface area contributed by atoms with Gasteiger partial charge in [-0.05, 0) is 197 Å². The molecule has 136 heavy (non-hydrogen) atoms. The van der Waals surface area contributed by atoms with Gasteiger partial charge in [-0.15, -0.1) is 11.3 Å². The summed E-state index contributed by atoms with van der Waals surface area (Å²) >= 11 is 1.90. The average Bonchev–Trinajstić information content (AvgIpc) is 1.54. The van der Waals surface area contributed by atoms with Gasteiger partial charge < -0.3 is 27.3 Å². The van der Waals surface area contributed by atoms with Gasteiger partial charge in [-0.2, -0.15) is 0 Å². The first-order valence-corrected chi connectivity index (χ1v) is 47.9. The number of nitrogens with zero attached hydrogens (tertiary/aromatic N) is 5. The molecule has 7 heterocycles. The summed E-state index contributed by atoms with van der Waals surface area (Å²) in [6.45, 7) is 4.71. The summed E-state index contributed by atoms with van der Waals surface area (Å²) < 4.78 is 21.1. The van der Waals surface area contributed by atoms with Crippen LogP contribution in [0.1, 0.15) is 25.0 Å².